The van der Waals surface area contributed by atoms with E-state index < -0.39 is 0 Å². The Morgan fingerprint density at radius 3 is 2.33 bits per heavy atom. The van der Waals surface area contributed by atoms with E-state index in [-0.39, 0.29) is 48.8 Å². The normalized spacial score (nSPS) is 22.0. The molecule has 0 N–H and O–H groups in total. The van der Waals surface area contributed by atoms with E-state index in [0.29, 0.717) is 6.04 Å². The molecule has 2 nitrogen and oxygen atoms in total. The second-order valence-corrected chi connectivity index (χ2v) is 2.59. The van der Waals surface area contributed by atoms with Gasteiger partial charge in [0.25, 0.3) is 0 Å². The Kier molecular flexibility index (Phi) is 15.8. The Morgan fingerprint density at radius 2 is 2.00 bits per heavy atom. The summed E-state index contributed by atoms with van der Waals surface area (Å²) in [6.07, 6.45) is 2.35. The monoisotopic (exact) mass is 225 g/mol. The molecule has 0 radical (unpaired) electrons. The summed E-state index contributed by atoms with van der Waals surface area (Å²) in [5.74, 6) is 0. The van der Waals surface area contributed by atoms with Gasteiger partial charge < -0.3 is 34.8 Å². The molecule has 0 aromatic carbocycles. The van der Waals surface area contributed by atoms with Gasteiger partial charge in [0.05, 0.1) is 0 Å². The number of likely N-dealkylation sites (N-methyl/N-ethyl adjacent to an activating group) is 1. The van der Waals surface area contributed by atoms with E-state index in [0.717, 1.165) is 19.5 Å². The number of rotatable bonds is 2. The van der Waals surface area contributed by atoms with Crippen LogP contribution < -0.4 is 29.9 Å². The van der Waals surface area contributed by atoms with Crippen LogP contribution in [-0.4, -0.2) is 48.0 Å². The van der Waals surface area contributed by atoms with Crippen LogP contribution in [0.25, 0.3) is 0 Å². The first-order valence-corrected chi connectivity index (χ1v) is 3.70. The first-order chi connectivity index (χ1) is 4.38. The predicted molar refractivity (Wildman–Crippen MR) is 40.9 cm³/mol. The summed E-state index contributed by atoms with van der Waals surface area (Å²) in [4.78, 5) is 2.27. The van der Waals surface area contributed by atoms with Gasteiger partial charge in [-0.3, -0.25) is 0 Å². The first kappa shape index (κ1) is 18.7. The largest absolute Gasteiger partial charge is 3.00 e. The van der Waals surface area contributed by atoms with Crippen molar-refractivity contribution in [3.8, 4) is 0 Å². The Hall–Kier alpha value is 1.03. The fourth-order valence-electron chi connectivity index (χ4n) is 1.50. The molecule has 0 aromatic rings. The maximum absolute atomic E-state index is 10.5. The molecule has 70 valence electrons. The molecule has 0 unspecified atom stereocenters. The van der Waals surface area contributed by atoms with Gasteiger partial charge in [-0.25, -0.2) is 0 Å². The van der Waals surface area contributed by atoms with Gasteiger partial charge >= 0.3 is 17.4 Å². The Balaban J connectivity index is -0.000000270. The van der Waals surface area contributed by atoms with E-state index >= 15 is 0 Å². The van der Waals surface area contributed by atoms with Crippen LogP contribution in [0.4, 0.5) is 0 Å². The fourth-order valence-corrected chi connectivity index (χ4v) is 1.50. The van der Waals surface area contributed by atoms with Crippen LogP contribution >= 0.6 is 0 Å². The van der Waals surface area contributed by atoms with E-state index in [4.69, 9.17) is 0 Å². The minimum Gasteiger partial charge on any atom is -1.00 e. The quantitative estimate of drug-likeness (QED) is 0.438. The molecule has 1 aliphatic rings. The minimum atomic E-state index is 0. The molecule has 0 saturated carbocycles. The number of likely N-dealkylation sites (tertiary alicyclic amines) is 1. The van der Waals surface area contributed by atoms with Gasteiger partial charge in [0, 0.05) is 0 Å². The molecule has 1 saturated heterocycles. The van der Waals surface area contributed by atoms with Gasteiger partial charge in [-0.1, -0.05) is 6.92 Å². The van der Waals surface area contributed by atoms with E-state index in [1.807, 2.05) is 0 Å². The third kappa shape index (κ3) is 4.91. The van der Waals surface area contributed by atoms with Gasteiger partial charge in [0.15, 0.2) is 0 Å². The molecule has 1 atom stereocenters. The van der Waals surface area contributed by atoms with Gasteiger partial charge in [-0.05, 0) is 32.0 Å². The Bertz CT molecular complexity index is 87.5. The zero-order valence-electron chi connectivity index (χ0n) is 7.30. The smallest absolute Gasteiger partial charge is 1.00 e. The number of nitrogens with zero attached hydrogens (tertiary/aromatic N) is 1. The second-order valence-electron chi connectivity index (χ2n) is 2.59. The molecule has 1 rings (SSSR count). The van der Waals surface area contributed by atoms with Crippen molar-refractivity contribution in [2.24, 2.45) is 0 Å². The molecule has 0 amide bonds. The zero-order valence-corrected chi connectivity index (χ0v) is 9.97. The molecule has 12 heavy (non-hydrogen) atoms. The molecule has 0 bridgehead atoms. The molecular weight excluding hydrogens is 212 g/mol. The second kappa shape index (κ2) is 10.1. The standard InChI is InChI=1S/C7H14NO.Al.2ClH/c1-2-8-5-3-4-7(8)6-9;;;/h7H,2-6H2,1H3;;2*1H/q-1;+3;;/p-2/t7-;;;/m0.../s1. The molecule has 1 heterocycles. The van der Waals surface area contributed by atoms with Crippen molar-refractivity contribution in [3.05, 3.63) is 0 Å². The SMILES string of the molecule is CCN1CCC[C@H]1C[O-].[Al+3].[Cl-].[Cl-]. The number of hydrogen-bond donors (Lipinski definition) is 0. The summed E-state index contributed by atoms with van der Waals surface area (Å²) in [5, 5.41) is 10.5. The van der Waals surface area contributed by atoms with Crippen LogP contribution in [-0.2, 0) is 0 Å². The summed E-state index contributed by atoms with van der Waals surface area (Å²) in [6, 6.07) is 0.356. The topological polar surface area (TPSA) is 26.3 Å². The number of halogens is 2. The average Bonchev–Trinajstić information content (AvgIpc) is 2.33. The maximum atomic E-state index is 10.5. The third-order valence-electron chi connectivity index (χ3n) is 2.10. The maximum Gasteiger partial charge on any atom is 3.00 e. The van der Waals surface area contributed by atoms with E-state index in [2.05, 4.69) is 11.8 Å². The van der Waals surface area contributed by atoms with Crippen molar-refractivity contribution in [1.82, 2.24) is 4.90 Å². The minimum absolute atomic E-state index is 0. The molecule has 0 spiro atoms. The third-order valence-corrected chi connectivity index (χ3v) is 2.10. The van der Waals surface area contributed by atoms with Gasteiger partial charge in [0.1, 0.15) is 0 Å². The summed E-state index contributed by atoms with van der Waals surface area (Å²) in [6.45, 7) is 4.40. The van der Waals surface area contributed by atoms with Crippen molar-refractivity contribution < 1.29 is 29.9 Å². The van der Waals surface area contributed by atoms with Crippen molar-refractivity contribution in [1.29, 1.82) is 0 Å². The molecular formula is C7H14AlCl2NO. The average molecular weight is 226 g/mol. The molecule has 1 fully saturated rings. The Morgan fingerprint density at radius 1 is 1.42 bits per heavy atom. The summed E-state index contributed by atoms with van der Waals surface area (Å²) in [5.41, 5.74) is 0. The van der Waals surface area contributed by atoms with Crippen molar-refractivity contribution in [2.45, 2.75) is 25.8 Å². The first-order valence-electron chi connectivity index (χ1n) is 3.70. The molecule has 0 aromatic heterocycles. The predicted octanol–water partition coefficient (Wildman–Crippen LogP) is -6.54. The van der Waals surface area contributed by atoms with Crippen molar-refractivity contribution >= 4 is 17.4 Å². The van der Waals surface area contributed by atoms with Crippen LogP contribution in [0.5, 0.6) is 0 Å². The zero-order chi connectivity index (χ0) is 6.69. The molecule has 0 aliphatic carbocycles. The van der Waals surface area contributed by atoms with E-state index in [1.165, 1.54) is 6.42 Å². The van der Waals surface area contributed by atoms with Gasteiger partial charge in [0.2, 0.25) is 0 Å². The van der Waals surface area contributed by atoms with Crippen LogP contribution in [0.15, 0.2) is 0 Å². The van der Waals surface area contributed by atoms with Crippen LogP contribution in [0, 0.1) is 0 Å². The molecule has 5 heteroatoms. The summed E-state index contributed by atoms with van der Waals surface area (Å²) < 4.78 is 0. The van der Waals surface area contributed by atoms with Crippen LogP contribution in [0.2, 0.25) is 0 Å². The molecule has 1 aliphatic heterocycles. The van der Waals surface area contributed by atoms with E-state index in [1.54, 1.807) is 0 Å². The van der Waals surface area contributed by atoms with E-state index in [9.17, 15) is 5.11 Å². The fraction of sp³-hybridized carbons (Fsp3) is 1.00. The summed E-state index contributed by atoms with van der Waals surface area (Å²) in [7, 11) is 0. The van der Waals surface area contributed by atoms with Crippen molar-refractivity contribution in [3.63, 3.8) is 0 Å². The Labute approximate surface area is 97.7 Å². The van der Waals surface area contributed by atoms with Crippen molar-refractivity contribution in [2.75, 3.05) is 19.7 Å². The number of hydrogen-bond acceptors (Lipinski definition) is 2. The van der Waals surface area contributed by atoms with Gasteiger partial charge in [-0.2, -0.15) is 0 Å². The van der Waals surface area contributed by atoms with Crippen LogP contribution in [0.3, 0.4) is 0 Å². The van der Waals surface area contributed by atoms with Crippen LogP contribution in [0.1, 0.15) is 19.8 Å². The van der Waals surface area contributed by atoms with Gasteiger partial charge in [-0.15, -0.1) is 6.61 Å². The summed E-state index contributed by atoms with van der Waals surface area (Å²) >= 11 is 0.